The monoisotopic (exact) mass is 265 g/mol. The van der Waals surface area contributed by atoms with Crippen molar-refractivity contribution < 1.29 is 4.74 Å². The van der Waals surface area contributed by atoms with Gasteiger partial charge < -0.3 is 4.74 Å². The Kier molecular flexibility index (Phi) is 2.19. The average Bonchev–Trinajstić information content (AvgIpc) is 2.82. The van der Waals surface area contributed by atoms with Gasteiger partial charge in [0.2, 0.25) is 0 Å². The number of para-hydroxylation sites is 1. The third-order valence-electron chi connectivity index (χ3n) is 4.10. The molecule has 4 heteroatoms. The van der Waals surface area contributed by atoms with Crippen LogP contribution in [0.15, 0.2) is 24.4 Å². The number of pyridine rings is 1. The minimum Gasteiger partial charge on any atom is -0.488 e. The Morgan fingerprint density at radius 2 is 2.10 bits per heavy atom. The fourth-order valence-corrected chi connectivity index (χ4v) is 2.92. The van der Waals surface area contributed by atoms with Crippen molar-refractivity contribution in [1.29, 1.82) is 0 Å². The molecule has 0 amide bonds. The number of hydrogen-bond donors (Lipinski definition) is 0. The maximum Gasteiger partial charge on any atom is 0.158 e. The van der Waals surface area contributed by atoms with Crippen LogP contribution >= 0.6 is 0 Å². The number of nitrogens with zero attached hydrogens (tertiary/aromatic N) is 3. The van der Waals surface area contributed by atoms with E-state index < -0.39 is 0 Å². The van der Waals surface area contributed by atoms with E-state index in [1.165, 1.54) is 11.1 Å². The van der Waals surface area contributed by atoms with E-state index in [4.69, 9.17) is 9.72 Å². The lowest BCUT2D eigenvalue weighted by Gasteiger charge is -2.23. The highest BCUT2D eigenvalue weighted by molar-refractivity contribution is 5.86. The zero-order valence-corrected chi connectivity index (χ0v) is 11.8. The van der Waals surface area contributed by atoms with Gasteiger partial charge in [-0.3, -0.25) is 4.68 Å². The van der Waals surface area contributed by atoms with E-state index in [1.807, 2.05) is 17.9 Å². The predicted molar refractivity (Wildman–Crippen MR) is 77.8 cm³/mol. The largest absolute Gasteiger partial charge is 0.488 e. The molecule has 1 aliphatic heterocycles. The van der Waals surface area contributed by atoms with Gasteiger partial charge in [0.1, 0.15) is 12.4 Å². The molecule has 0 atom stereocenters. The van der Waals surface area contributed by atoms with Gasteiger partial charge in [0.25, 0.3) is 0 Å². The van der Waals surface area contributed by atoms with Crippen molar-refractivity contribution in [2.45, 2.75) is 20.5 Å². The summed E-state index contributed by atoms with van der Waals surface area (Å²) >= 11 is 0. The predicted octanol–water partition coefficient (Wildman–Crippen LogP) is 3.14. The number of fused-ring (bicyclic) bond motifs is 4. The first-order chi connectivity index (χ1) is 9.66. The van der Waals surface area contributed by atoms with Gasteiger partial charge in [-0.25, -0.2) is 4.98 Å². The highest BCUT2D eigenvalue weighted by Crippen LogP contribution is 2.40. The van der Waals surface area contributed by atoms with E-state index in [2.05, 4.69) is 37.1 Å². The number of ether oxygens (including phenoxy) is 1. The third kappa shape index (κ3) is 1.36. The van der Waals surface area contributed by atoms with Crippen molar-refractivity contribution in [2.24, 2.45) is 7.05 Å². The molecule has 0 bridgehead atoms. The molecule has 1 aromatic carbocycles. The van der Waals surface area contributed by atoms with Gasteiger partial charge >= 0.3 is 0 Å². The van der Waals surface area contributed by atoms with Crippen molar-refractivity contribution in [3.63, 3.8) is 0 Å². The summed E-state index contributed by atoms with van der Waals surface area (Å²) in [6.07, 6.45) is 1.88. The molecule has 3 aromatic rings. The van der Waals surface area contributed by atoms with Crippen molar-refractivity contribution in [3.8, 4) is 17.0 Å². The Hall–Kier alpha value is -2.36. The SMILES string of the molecule is Cc1cccc2c1OCc1c-2nc2c(cnn2C)c1C. The third-order valence-corrected chi connectivity index (χ3v) is 4.10. The van der Waals surface area contributed by atoms with Gasteiger partial charge in [0.05, 0.1) is 11.9 Å². The zero-order valence-electron chi connectivity index (χ0n) is 11.8. The molecular formula is C16H15N3O. The van der Waals surface area contributed by atoms with Crippen LogP contribution < -0.4 is 4.74 Å². The van der Waals surface area contributed by atoms with Gasteiger partial charge in [-0.1, -0.05) is 12.1 Å². The number of hydrogen-bond acceptors (Lipinski definition) is 3. The molecule has 0 saturated carbocycles. The minimum atomic E-state index is 0.580. The van der Waals surface area contributed by atoms with Gasteiger partial charge in [-0.05, 0) is 31.0 Å². The number of benzene rings is 1. The first-order valence-corrected chi connectivity index (χ1v) is 6.71. The zero-order chi connectivity index (χ0) is 13.9. The molecule has 100 valence electrons. The summed E-state index contributed by atoms with van der Waals surface area (Å²) in [7, 11) is 1.93. The van der Waals surface area contributed by atoms with Crippen LogP contribution in [0.3, 0.4) is 0 Å². The quantitative estimate of drug-likeness (QED) is 0.627. The molecule has 4 nitrogen and oxygen atoms in total. The molecule has 0 saturated heterocycles. The number of aryl methyl sites for hydroxylation is 3. The van der Waals surface area contributed by atoms with Gasteiger partial charge in [0.15, 0.2) is 5.65 Å². The molecule has 4 rings (SSSR count). The smallest absolute Gasteiger partial charge is 0.158 e. The Bertz CT molecular complexity index is 849. The molecule has 1 aliphatic rings. The van der Waals surface area contributed by atoms with E-state index in [-0.39, 0.29) is 0 Å². The average molecular weight is 265 g/mol. The van der Waals surface area contributed by atoms with Crippen molar-refractivity contribution in [1.82, 2.24) is 14.8 Å². The van der Waals surface area contributed by atoms with E-state index >= 15 is 0 Å². The van der Waals surface area contributed by atoms with Crippen LogP contribution in [-0.4, -0.2) is 14.8 Å². The second kappa shape index (κ2) is 3.82. The van der Waals surface area contributed by atoms with Crippen LogP contribution in [0.25, 0.3) is 22.3 Å². The first kappa shape index (κ1) is 11.5. The summed E-state index contributed by atoms with van der Waals surface area (Å²) in [6, 6.07) is 6.20. The lowest BCUT2D eigenvalue weighted by molar-refractivity contribution is 0.299. The molecule has 0 N–H and O–H groups in total. The second-order valence-corrected chi connectivity index (χ2v) is 5.31. The summed E-state index contributed by atoms with van der Waals surface area (Å²) in [5, 5.41) is 5.42. The molecule has 0 radical (unpaired) electrons. The summed E-state index contributed by atoms with van der Waals surface area (Å²) in [5.41, 5.74) is 6.57. The van der Waals surface area contributed by atoms with Gasteiger partial charge in [-0.15, -0.1) is 0 Å². The lowest BCUT2D eigenvalue weighted by Crippen LogP contribution is -2.11. The van der Waals surface area contributed by atoms with E-state index in [1.54, 1.807) is 0 Å². The lowest BCUT2D eigenvalue weighted by atomic mass is 9.96. The van der Waals surface area contributed by atoms with Crippen LogP contribution in [0, 0.1) is 13.8 Å². The second-order valence-electron chi connectivity index (χ2n) is 5.31. The molecule has 0 fully saturated rings. The van der Waals surface area contributed by atoms with E-state index in [0.29, 0.717) is 6.61 Å². The molecule has 3 heterocycles. The molecular weight excluding hydrogens is 250 g/mol. The molecule has 2 aromatic heterocycles. The highest BCUT2D eigenvalue weighted by Gasteiger charge is 2.23. The Labute approximate surface area is 117 Å². The highest BCUT2D eigenvalue weighted by atomic mass is 16.5. The van der Waals surface area contributed by atoms with Crippen molar-refractivity contribution >= 4 is 11.0 Å². The summed E-state index contributed by atoms with van der Waals surface area (Å²) in [4.78, 5) is 4.84. The van der Waals surface area contributed by atoms with Crippen molar-refractivity contribution in [2.75, 3.05) is 0 Å². The van der Waals surface area contributed by atoms with Gasteiger partial charge in [0, 0.05) is 23.6 Å². The topological polar surface area (TPSA) is 39.9 Å². The minimum absolute atomic E-state index is 0.580. The summed E-state index contributed by atoms with van der Waals surface area (Å²) < 4.78 is 7.78. The van der Waals surface area contributed by atoms with Crippen LogP contribution in [0.1, 0.15) is 16.7 Å². The molecule has 0 aliphatic carbocycles. The molecule has 20 heavy (non-hydrogen) atoms. The Balaban J connectivity index is 2.12. The molecule has 0 unspecified atom stereocenters. The number of rotatable bonds is 0. The number of aromatic nitrogens is 3. The first-order valence-electron chi connectivity index (χ1n) is 6.71. The molecule has 0 spiro atoms. The van der Waals surface area contributed by atoms with E-state index in [0.717, 1.165) is 33.6 Å². The van der Waals surface area contributed by atoms with Crippen LogP contribution in [-0.2, 0) is 13.7 Å². The Morgan fingerprint density at radius 1 is 1.25 bits per heavy atom. The van der Waals surface area contributed by atoms with Crippen LogP contribution in [0.4, 0.5) is 0 Å². The standard InChI is InChI=1S/C16H15N3O/c1-9-5-4-6-11-14-13(8-20-15(9)11)10(2)12-7-17-19(3)16(12)18-14/h4-7H,8H2,1-3H3. The fourth-order valence-electron chi connectivity index (χ4n) is 2.92. The van der Waals surface area contributed by atoms with Crippen LogP contribution in [0.2, 0.25) is 0 Å². The summed E-state index contributed by atoms with van der Waals surface area (Å²) in [6.45, 7) is 4.77. The van der Waals surface area contributed by atoms with Gasteiger partial charge in [-0.2, -0.15) is 5.10 Å². The normalized spacial score (nSPS) is 12.9. The maximum absolute atomic E-state index is 5.95. The maximum atomic E-state index is 5.95. The fraction of sp³-hybridized carbons (Fsp3) is 0.250. The summed E-state index contributed by atoms with van der Waals surface area (Å²) in [5.74, 6) is 0.952. The van der Waals surface area contributed by atoms with Crippen LogP contribution in [0.5, 0.6) is 5.75 Å². The van der Waals surface area contributed by atoms with E-state index in [9.17, 15) is 0 Å². The Morgan fingerprint density at radius 3 is 2.95 bits per heavy atom. The van der Waals surface area contributed by atoms with Crippen molar-refractivity contribution in [3.05, 3.63) is 41.1 Å².